The van der Waals surface area contributed by atoms with Crippen molar-refractivity contribution in [2.75, 3.05) is 0 Å². The quantitative estimate of drug-likeness (QED) is 0.581. The number of para-hydroxylation sites is 1. The Balaban J connectivity index is 2.26. The summed E-state index contributed by atoms with van der Waals surface area (Å²) in [5.41, 5.74) is 2.62. The molecule has 0 fully saturated rings. The number of ketones is 2. The lowest BCUT2D eigenvalue weighted by Crippen LogP contribution is -2.53. The molecule has 0 radical (unpaired) electrons. The number of carbonyl (C=O) groups excluding carboxylic acids is 2. The lowest BCUT2D eigenvalue weighted by molar-refractivity contribution is -0.128. The maximum Gasteiger partial charge on any atom is 0.177 e. The number of carbonyl (C=O) groups is 2. The van der Waals surface area contributed by atoms with E-state index in [-0.39, 0.29) is 17.3 Å². The standard InChI is InChI=1S/C22H21BrO3/c1-4-7-15-8-6-9-16(20(15)25)19-14(5-2)10-11-17-18(24)12-13(3)21(26)22(17,19)23/h4-6,8-10,12,17,19,25H,1-2,7,11H2,3H3/t17-,19+,22-/m0/s1. The van der Waals surface area contributed by atoms with Crippen LogP contribution in [0.4, 0.5) is 0 Å². The monoisotopic (exact) mass is 412 g/mol. The first kappa shape index (κ1) is 18.6. The van der Waals surface area contributed by atoms with Crippen LogP contribution in [0.3, 0.4) is 0 Å². The van der Waals surface area contributed by atoms with Crippen molar-refractivity contribution in [3.8, 4) is 5.75 Å². The van der Waals surface area contributed by atoms with Gasteiger partial charge in [-0.2, -0.15) is 0 Å². The van der Waals surface area contributed by atoms with Crippen molar-refractivity contribution in [2.45, 2.75) is 30.0 Å². The zero-order chi connectivity index (χ0) is 19.1. The molecule has 3 rings (SSSR count). The number of alkyl halides is 1. The molecule has 0 spiro atoms. The van der Waals surface area contributed by atoms with Gasteiger partial charge in [0, 0.05) is 17.4 Å². The molecule has 4 heteroatoms. The highest BCUT2D eigenvalue weighted by Gasteiger charge is 2.57. The van der Waals surface area contributed by atoms with Gasteiger partial charge in [-0.3, -0.25) is 9.59 Å². The van der Waals surface area contributed by atoms with Gasteiger partial charge in [-0.05, 0) is 42.6 Å². The van der Waals surface area contributed by atoms with Gasteiger partial charge in [0.25, 0.3) is 0 Å². The zero-order valence-corrected chi connectivity index (χ0v) is 16.3. The number of phenolic OH excluding ortho intramolecular Hbond substituents is 1. The van der Waals surface area contributed by atoms with Gasteiger partial charge < -0.3 is 5.11 Å². The Kier molecular flexibility index (Phi) is 4.89. The van der Waals surface area contributed by atoms with Gasteiger partial charge in [0.15, 0.2) is 11.6 Å². The highest BCUT2D eigenvalue weighted by atomic mass is 79.9. The molecular weight excluding hydrogens is 392 g/mol. The van der Waals surface area contributed by atoms with Crippen molar-refractivity contribution in [3.05, 3.63) is 77.9 Å². The van der Waals surface area contributed by atoms with Gasteiger partial charge in [0.1, 0.15) is 10.1 Å². The third-order valence-electron chi connectivity index (χ3n) is 5.32. The number of rotatable bonds is 4. The van der Waals surface area contributed by atoms with Crippen molar-refractivity contribution >= 4 is 27.5 Å². The van der Waals surface area contributed by atoms with Crippen molar-refractivity contribution in [1.82, 2.24) is 0 Å². The molecule has 1 N–H and O–H groups in total. The first-order valence-corrected chi connectivity index (χ1v) is 9.35. The summed E-state index contributed by atoms with van der Waals surface area (Å²) in [5, 5.41) is 10.9. The molecule has 26 heavy (non-hydrogen) atoms. The number of hydrogen-bond acceptors (Lipinski definition) is 3. The Labute approximate surface area is 161 Å². The molecule has 0 saturated carbocycles. The van der Waals surface area contributed by atoms with Crippen LogP contribution in [0.5, 0.6) is 5.75 Å². The summed E-state index contributed by atoms with van der Waals surface area (Å²) in [4.78, 5) is 25.8. The zero-order valence-electron chi connectivity index (χ0n) is 14.7. The van der Waals surface area contributed by atoms with Crippen LogP contribution in [0.25, 0.3) is 0 Å². The smallest absolute Gasteiger partial charge is 0.177 e. The summed E-state index contributed by atoms with van der Waals surface area (Å²) in [7, 11) is 0. The second-order valence-corrected chi connectivity index (χ2v) is 8.12. The van der Waals surface area contributed by atoms with Gasteiger partial charge in [-0.15, -0.1) is 6.58 Å². The first-order chi connectivity index (χ1) is 12.4. The van der Waals surface area contributed by atoms with Crippen LogP contribution in [0, 0.1) is 5.92 Å². The highest BCUT2D eigenvalue weighted by molar-refractivity contribution is 9.10. The molecule has 0 heterocycles. The van der Waals surface area contributed by atoms with Crippen LogP contribution in [-0.4, -0.2) is 21.0 Å². The second kappa shape index (κ2) is 6.84. The van der Waals surface area contributed by atoms with E-state index < -0.39 is 16.2 Å². The Morgan fingerprint density at radius 3 is 2.73 bits per heavy atom. The summed E-state index contributed by atoms with van der Waals surface area (Å²) in [6.45, 7) is 9.27. The van der Waals surface area contributed by atoms with Crippen LogP contribution >= 0.6 is 15.9 Å². The molecule has 1 aromatic rings. The Morgan fingerprint density at radius 2 is 2.08 bits per heavy atom. The van der Waals surface area contributed by atoms with E-state index in [1.54, 1.807) is 25.1 Å². The molecule has 3 atom stereocenters. The minimum Gasteiger partial charge on any atom is -0.507 e. The molecule has 0 aromatic heterocycles. The highest BCUT2D eigenvalue weighted by Crippen LogP contribution is 2.55. The summed E-state index contributed by atoms with van der Waals surface area (Å²) >= 11 is 3.67. The van der Waals surface area contributed by atoms with Crippen LogP contribution in [0.2, 0.25) is 0 Å². The fourth-order valence-electron chi connectivity index (χ4n) is 4.05. The maximum absolute atomic E-state index is 13.2. The molecule has 134 valence electrons. The van der Waals surface area contributed by atoms with Gasteiger partial charge >= 0.3 is 0 Å². The molecule has 0 saturated heterocycles. The lowest BCUT2D eigenvalue weighted by atomic mass is 9.62. The SMILES string of the molecule is C=CCc1cccc([C@H]2C(C=C)=CC[C@H]3C(=O)C=C(C)C(=O)[C@@]23Br)c1O. The number of benzene rings is 1. The first-order valence-electron chi connectivity index (χ1n) is 8.56. The summed E-state index contributed by atoms with van der Waals surface area (Å²) in [6.07, 6.45) is 7.79. The van der Waals surface area contributed by atoms with E-state index in [4.69, 9.17) is 0 Å². The van der Waals surface area contributed by atoms with Gasteiger partial charge in [-0.1, -0.05) is 58.9 Å². The Morgan fingerprint density at radius 1 is 1.35 bits per heavy atom. The van der Waals surface area contributed by atoms with E-state index in [1.165, 1.54) is 6.08 Å². The maximum atomic E-state index is 13.2. The fourth-order valence-corrected chi connectivity index (χ4v) is 5.29. The molecule has 0 unspecified atom stereocenters. The van der Waals surface area contributed by atoms with Crippen LogP contribution in [-0.2, 0) is 16.0 Å². The number of hydrogen-bond donors (Lipinski definition) is 1. The summed E-state index contributed by atoms with van der Waals surface area (Å²) in [5.74, 6) is -1.05. The average molecular weight is 413 g/mol. The van der Waals surface area contributed by atoms with Crippen LogP contribution < -0.4 is 0 Å². The topological polar surface area (TPSA) is 54.4 Å². The van der Waals surface area contributed by atoms with Crippen molar-refractivity contribution in [3.63, 3.8) is 0 Å². The molecule has 1 aromatic carbocycles. The molecule has 0 amide bonds. The van der Waals surface area contributed by atoms with E-state index >= 15 is 0 Å². The predicted octanol–water partition coefficient (Wildman–Crippen LogP) is 4.57. The molecule has 0 aliphatic heterocycles. The number of phenols is 1. The number of halogens is 1. The number of aromatic hydroxyl groups is 1. The van der Waals surface area contributed by atoms with E-state index in [2.05, 4.69) is 29.1 Å². The third kappa shape index (κ3) is 2.64. The van der Waals surface area contributed by atoms with Crippen molar-refractivity contribution < 1.29 is 14.7 Å². The largest absolute Gasteiger partial charge is 0.507 e. The minimum absolute atomic E-state index is 0.0647. The van der Waals surface area contributed by atoms with Gasteiger partial charge in [0.2, 0.25) is 0 Å². The van der Waals surface area contributed by atoms with Gasteiger partial charge in [-0.25, -0.2) is 0 Å². The normalized spacial score (nSPS) is 28.1. The van der Waals surface area contributed by atoms with Crippen LogP contribution in [0.1, 0.15) is 30.4 Å². The van der Waals surface area contributed by atoms with Crippen molar-refractivity contribution in [2.24, 2.45) is 5.92 Å². The Bertz CT molecular complexity index is 877. The number of allylic oxidation sites excluding steroid dienone is 6. The van der Waals surface area contributed by atoms with E-state index in [1.807, 2.05) is 18.2 Å². The second-order valence-electron chi connectivity index (χ2n) is 6.80. The fraction of sp³-hybridized carbons (Fsp3) is 0.273. The molecule has 2 aliphatic carbocycles. The lowest BCUT2D eigenvalue weighted by Gasteiger charge is -2.45. The molecular formula is C22H21BrO3. The van der Waals surface area contributed by atoms with Crippen LogP contribution in [0.15, 0.2) is 66.8 Å². The molecule has 2 aliphatic rings. The minimum atomic E-state index is -1.12. The Hall–Kier alpha value is -2.20. The summed E-state index contributed by atoms with van der Waals surface area (Å²) < 4.78 is -1.12. The van der Waals surface area contributed by atoms with E-state index in [9.17, 15) is 14.7 Å². The molecule has 0 bridgehead atoms. The summed E-state index contributed by atoms with van der Waals surface area (Å²) in [6, 6.07) is 5.49. The number of fused-ring (bicyclic) bond motifs is 1. The molecule has 3 nitrogen and oxygen atoms in total. The van der Waals surface area contributed by atoms with Gasteiger partial charge in [0.05, 0.1) is 0 Å². The predicted molar refractivity (Wildman–Crippen MR) is 107 cm³/mol. The van der Waals surface area contributed by atoms with Crippen molar-refractivity contribution in [1.29, 1.82) is 0 Å². The third-order valence-corrected chi connectivity index (χ3v) is 6.69. The number of Topliss-reactive ketones (excluding diaryl/α,β-unsaturated/α-hetero) is 1. The van der Waals surface area contributed by atoms with E-state index in [0.29, 0.717) is 24.0 Å². The average Bonchev–Trinajstić information content (AvgIpc) is 2.61. The van der Waals surface area contributed by atoms with E-state index in [0.717, 1.165) is 11.1 Å².